The molecule has 3 aromatic rings. The smallest absolute Gasteiger partial charge is 0.318 e. The van der Waals surface area contributed by atoms with Crippen LogP contribution in [-0.2, 0) is 17.7 Å². The highest BCUT2D eigenvalue weighted by Crippen LogP contribution is 2.28. The van der Waals surface area contributed by atoms with Gasteiger partial charge in [-0.1, -0.05) is 6.07 Å². The average Bonchev–Trinajstić information content (AvgIpc) is 3.43. The number of amides is 2. The summed E-state index contributed by atoms with van der Waals surface area (Å²) in [7, 11) is 0. The Morgan fingerprint density at radius 3 is 2.89 bits per heavy atom. The molecule has 1 atom stereocenters. The fraction of sp³-hybridized carbons (Fsp3) is 0.417. The van der Waals surface area contributed by atoms with Crippen LogP contribution in [0, 0.1) is 5.82 Å². The van der Waals surface area contributed by atoms with Crippen molar-refractivity contribution in [2.75, 3.05) is 31.9 Å². The summed E-state index contributed by atoms with van der Waals surface area (Å²) in [6, 6.07) is 3.08. The molecule has 2 amide bonds. The largest absolute Gasteiger partial charge is 0.460 e. The van der Waals surface area contributed by atoms with Crippen LogP contribution >= 0.6 is 0 Å². The summed E-state index contributed by atoms with van der Waals surface area (Å²) >= 11 is 0. The van der Waals surface area contributed by atoms with Crippen LogP contribution in [0.15, 0.2) is 41.4 Å². The van der Waals surface area contributed by atoms with Crippen molar-refractivity contribution in [1.82, 2.24) is 25.2 Å². The van der Waals surface area contributed by atoms with Crippen LogP contribution in [0.3, 0.4) is 0 Å². The van der Waals surface area contributed by atoms with Gasteiger partial charge in [0.2, 0.25) is 12.8 Å². The zero-order valence-electron chi connectivity index (χ0n) is 19.5. The Bertz CT molecular complexity index is 1190. The van der Waals surface area contributed by atoms with E-state index in [1.807, 2.05) is 0 Å². The number of ether oxygens (including phenoxy) is 2. The summed E-state index contributed by atoms with van der Waals surface area (Å²) in [5.41, 5.74) is 2.16. The van der Waals surface area contributed by atoms with E-state index in [0.29, 0.717) is 50.0 Å². The number of rotatable bonds is 7. The molecular formula is C24H26F2N6O4. The Kier molecular flexibility index (Phi) is 7.21. The highest BCUT2D eigenvalue weighted by atomic mass is 19.1. The van der Waals surface area contributed by atoms with E-state index in [0.717, 1.165) is 24.1 Å². The third-order valence-electron chi connectivity index (χ3n) is 6.29. The number of hydrogen-bond donors (Lipinski definition) is 2. The first-order valence-corrected chi connectivity index (χ1v) is 11.7. The Hall–Kier alpha value is -3.80. The van der Waals surface area contributed by atoms with Crippen molar-refractivity contribution in [2.24, 2.45) is 0 Å². The molecule has 0 aliphatic carbocycles. The number of nitrogens with zero attached hydrogens (tertiary/aromatic N) is 4. The number of carbonyl (C=O) groups excluding carboxylic acids is 1. The van der Waals surface area contributed by atoms with Gasteiger partial charge in [-0.3, -0.25) is 0 Å². The molecule has 1 saturated heterocycles. The van der Waals surface area contributed by atoms with E-state index < -0.39 is 18.7 Å². The van der Waals surface area contributed by atoms with Gasteiger partial charge in [0.25, 0.3) is 0 Å². The molecule has 2 aliphatic heterocycles. The molecule has 4 heterocycles. The topological polar surface area (TPSA) is 115 Å². The number of carbonyl (C=O) groups is 1. The minimum absolute atomic E-state index is 0.221. The Labute approximate surface area is 206 Å². The van der Waals surface area contributed by atoms with Crippen LogP contribution in [0.1, 0.15) is 41.5 Å². The predicted molar refractivity (Wildman–Crippen MR) is 123 cm³/mol. The molecule has 2 aliphatic rings. The second-order valence-corrected chi connectivity index (χ2v) is 8.60. The van der Waals surface area contributed by atoms with Gasteiger partial charge >= 0.3 is 6.03 Å². The molecule has 0 saturated carbocycles. The number of fused-ring (bicyclic) bond motifs is 1. The quantitative estimate of drug-likeness (QED) is 0.508. The van der Waals surface area contributed by atoms with Crippen molar-refractivity contribution < 1.29 is 27.5 Å². The standard InChI is InChI=1S/C24H26F2N6O4/c25-13-35-20-2-1-15(9-18(20)26)22(21-11-27-14-36-21)31-24(33)32-6-3-16-10-28-23(30-19(16)12-32)29-17-4-7-34-8-5-17/h1-2,9-11,14,17,22H,3-8,12-13H2,(H,31,33)(H,28,29,30)/t22-/m0/s1. The third-order valence-corrected chi connectivity index (χ3v) is 6.29. The zero-order chi connectivity index (χ0) is 24.9. The van der Waals surface area contributed by atoms with Crippen molar-refractivity contribution in [3.63, 3.8) is 0 Å². The Balaban J connectivity index is 1.30. The Morgan fingerprint density at radius 1 is 1.28 bits per heavy atom. The third kappa shape index (κ3) is 5.38. The molecule has 5 rings (SSSR count). The number of benzene rings is 1. The summed E-state index contributed by atoms with van der Waals surface area (Å²) in [5, 5.41) is 6.25. The van der Waals surface area contributed by atoms with Gasteiger partial charge in [0, 0.05) is 32.0 Å². The van der Waals surface area contributed by atoms with Crippen LogP contribution in [-0.4, -0.2) is 58.5 Å². The van der Waals surface area contributed by atoms with E-state index >= 15 is 0 Å². The fourth-order valence-electron chi connectivity index (χ4n) is 4.34. The second kappa shape index (κ2) is 10.9. The Morgan fingerprint density at radius 2 is 2.14 bits per heavy atom. The molecule has 10 nitrogen and oxygen atoms in total. The predicted octanol–water partition coefficient (Wildman–Crippen LogP) is 3.36. The highest BCUT2D eigenvalue weighted by Gasteiger charge is 2.28. The fourth-order valence-corrected chi connectivity index (χ4v) is 4.34. The number of aromatic nitrogens is 3. The maximum atomic E-state index is 14.4. The van der Waals surface area contributed by atoms with Gasteiger partial charge in [0.05, 0.1) is 18.4 Å². The van der Waals surface area contributed by atoms with Gasteiger partial charge in [-0.05, 0) is 42.5 Å². The monoisotopic (exact) mass is 500 g/mol. The number of anilines is 1. The summed E-state index contributed by atoms with van der Waals surface area (Å²) in [4.78, 5) is 27.9. The SMILES string of the molecule is O=C(N[C@@H](c1ccc(OCF)c(F)c1)c1cnco1)N1CCc2cnc(NC3CCOCC3)nc2C1. The molecule has 1 aromatic carbocycles. The lowest BCUT2D eigenvalue weighted by Gasteiger charge is -2.30. The summed E-state index contributed by atoms with van der Waals surface area (Å²) in [6.45, 7) is 1.03. The highest BCUT2D eigenvalue weighted by molar-refractivity contribution is 5.75. The lowest BCUT2D eigenvalue weighted by molar-refractivity contribution is 0.0903. The van der Waals surface area contributed by atoms with E-state index in [-0.39, 0.29) is 17.8 Å². The molecule has 1 fully saturated rings. The first-order valence-electron chi connectivity index (χ1n) is 11.7. The minimum atomic E-state index is -1.15. The number of hydrogen-bond acceptors (Lipinski definition) is 8. The van der Waals surface area contributed by atoms with Gasteiger partial charge in [-0.15, -0.1) is 0 Å². The number of nitrogens with one attached hydrogen (secondary N) is 2. The first-order chi connectivity index (χ1) is 17.6. The van der Waals surface area contributed by atoms with Crippen molar-refractivity contribution >= 4 is 12.0 Å². The summed E-state index contributed by atoms with van der Waals surface area (Å²) in [5.74, 6) is -0.114. The molecular weight excluding hydrogens is 474 g/mol. The molecule has 36 heavy (non-hydrogen) atoms. The summed E-state index contributed by atoms with van der Waals surface area (Å²) in [6.07, 6.45) is 6.87. The molecule has 0 unspecified atom stereocenters. The van der Waals surface area contributed by atoms with Crippen molar-refractivity contribution in [2.45, 2.75) is 37.9 Å². The van der Waals surface area contributed by atoms with E-state index in [9.17, 15) is 13.6 Å². The maximum Gasteiger partial charge on any atom is 0.318 e. The number of urea groups is 1. The number of oxazole rings is 1. The van der Waals surface area contributed by atoms with Crippen molar-refractivity contribution in [3.8, 4) is 5.75 Å². The van der Waals surface area contributed by atoms with Crippen LogP contribution in [0.4, 0.5) is 19.5 Å². The zero-order valence-corrected chi connectivity index (χ0v) is 19.5. The summed E-state index contributed by atoms with van der Waals surface area (Å²) < 4.78 is 42.3. The van der Waals surface area contributed by atoms with Crippen molar-refractivity contribution in [3.05, 3.63) is 65.4 Å². The van der Waals surface area contributed by atoms with Gasteiger partial charge in [-0.2, -0.15) is 0 Å². The molecule has 12 heteroatoms. The number of alkyl halides is 1. The van der Waals surface area contributed by atoms with E-state index in [1.165, 1.54) is 30.8 Å². The van der Waals surface area contributed by atoms with Crippen LogP contribution < -0.4 is 15.4 Å². The normalized spacial score (nSPS) is 16.8. The average molecular weight is 501 g/mol. The van der Waals surface area contributed by atoms with Crippen molar-refractivity contribution in [1.29, 1.82) is 0 Å². The van der Waals surface area contributed by atoms with Gasteiger partial charge < -0.3 is 29.4 Å². The van der Waals surface area contributed by atoms with Crippen LogP contribution in [0.25, 0.3) is 0 Å². The van der Waals surface area contributed by atoms with E-state index in [1.54, 1.807) is 11.1 Å². The van der Waals surface area contributed by atoms with Gasteiger partial charge in [-0.25, -0.2) is 28.5 Å². The van der Waals surface area contributed by atoms with Gasteiger partial charge in [0.1, 0.15) is 6.04 Å². The van der Waals surface area contributed by atoms with E-state index in [2.05, 4.69) is 30.3 Å². The molecule has 190 valence electrons. The lowest BCUT2D eigenvalue weighted by atomic mass is 10.0. The first kappa shape index (κ1) is 23.9. The maximum absolute atomic E-state index is 14.4. The molecule has 0 radical (unpaired) electrons. The van der Waals surface area contributed by atoms with E-state index in [4.69, 9.17) is 9.15 Å². The lowest BCUT2D eigenvalue weighted by Crippen LogP contribution is -2.44. The minimum Gasteiger partial charge on any atom is -0.460 e. The molecule has 2 aromatic heterocycles. The molecule has 0 bridgehead atoms. The van der Waals surface area contributed by atoms with Gasteiger partial charge in [0.15, 0.2) is 23.7 Å². The molecule has 0 spiro atoms. The number of halogens is 2. The van der Waals surface area contributed by atoms with Crippen LogP contribution in [0.2, 0.25) is 0 Å². The second-order valence-electron chi connectivity index (χ2n) is 8.60. The van der Waals surface area contributed by atoms with Crippen LogP contribution in [0.5, 0.6) is 5.75 Å². The molecule has 2 N–H and O–H groups in total.